The highest BCUT2D eigenvalue weighted by Crippen LogP contribution is 2.16. The summed E-state index contributed by atoms with van der Waals surface area (Å²) in [6, 6.07) is 9.43. The Morgan fingerprint density at radius 2 is 2.15 bits per heavy atom. The van der Waals surface area contributed by atoms with Crippen LogP contribution in [-0.2, 0) is 6.54 Å². The second-order valence-corrected chi connectivity index (χ2v) is 5.31. The standard InChI is InChI=1S/C14H18BrN3O2/c15-12-2-4-14(5-3-12)20-11-13(19)10-16-7-9-18-8-1-6-17-18/h1-6,8,13,16,19H,7,9-11H2/t13-/m0/s1. The molecule has 1 aromatic carbocycles. The van der Waals surface area contributed by atoms with Crippen molar-refractivity contribution in [2.45, 2.75) is 12.6 Å². The first-order valence-corrected chi connectivity index (χ1v) is 7.28. The molecular formula is C14H18BrN3O2. The van der Waals surface area contributed by atoms with Crippen LogP contribution in [0.5, 0.6) is 5.75 Å². The van der Waals surface area contributed by atoms with E-state index in [0.717, 1.165) is 23.3 Å². The normalized spacial score (nSPS) is 12.3. The molecule has 0 saturated heterocycles. The Labute approximate surface area is 126 Å². The van der Waals surface area contributed by atoms with E-state index < -0.39 is 6.10 Å². The lowest BCUT2D eigenvalue weighted by Gasteiger charge is -2.13. The lowest BCUT2D eigenvalue weighted by molar-refractivity contribution is 0.106. The molecule has 1 aromatic heterocycles. The van der Waals surface area contributed by atoms with Gasteiger partial charge in [-0.3, -0.25) is 4.68 Å². The third-order valence-corrected chi connectivity index (χ3v) is 3.24. The third kappa shape index (κ3) is 5.32. The molecule has 108 valence electrons. The van der Waals surface area contributed by atoms with Gasteiger partial charge in [0.25, 0.3) is 0 Å². The highest BCUT2D eigenvalue weighted by molar-refractivity contribution is 9.10. The van der Waals surface area contributed by atoms with Crippen LogP contribution in [0.4, 0.5) is 0 Å². The molecule has 2 N–H and O–H groups in total. The van der Waals surface area contributed by atoms with Crippen LogP contribution in [0.3, 0.4) is 0 Å². The van der Waals surface area contributed by atoms with Crippen molar-refractivity contribution >= 4 is 15.9 Å². The molecule has 6 heteroatoms. The zero-order chi connectivity index (χ0) is 14.2. The number of rotatable bonds is 8. The number of hydrogen-bond donors (Lipinski definition) is 2. The Hall–Kier alpha value is -1.37. The smallest absolute Gasteiger partial charge is 0.119 e. The van der Waals surface area contributed by atoms with Crippen molar-refractivity contribution in [3.05, 3.63) is 47.2 Å². The first-order valence-electron chi connectivity index (χ1n) is 6.48. The number of nitrogens with one attached hydrogen (secondary N) is 1. The minimum absolute atomic E-state index is 0.274. The molecule has 0 spiro atoms. The molecule has 0 unspecified atom stereocenters. The van der Waals surface area contributed by atoms with E-state index in [1.54, 1.807) is 6.20 Å². The largest absolute Gasteiger partial charge is 0.491 e. The van der Waals surface area contributed by atoms with Crippen LogP contribution in [0.25, 0.3) is 0 Å². The molecule has 1 atom stereocenters. The van der Waals surface area contributed by atoms with Gasteiger partial charge in [0.2, 0.25) is 0 Å². The summed E-state index contributed by atoms with van der Waals surface area (Å²) in [4.78, 5) is 0. The minimum atomic E-state index is -0.531. The van der Waals surface area contributed by atoms with Crippen molar-refractivity contribution in [3.63, 3.8) is 0 Å². The summed E-state index contributed by atoms with van der Waals surface area (Å²) in [7, 11) is 0. The molecule has 0 amide bonds. The van der Waals surface area contributed by atoms with Gasteiger partial charge in [0.1, 0.15) is 18.5 Å². The van der Waals surface area contributed by atoms with E-state index in [4.69, 9.17) is 4.74 Å². The van der Waals surface area contributed by atoms with Crippen LogP contribution >= 0.6 is 15.9 Å². The molecule has 0 bridgehead atoms. The summed E-state index contributed by atoms with van der Waals surface area (Å²) in [6.07, 6.45) is 3.13. The van der Waals surface area contributed by atoms with Crippen molar-refractivity contribution in [3.8, 4) is 5.75 Å². The monoisotopic (exact) mass is 339 g/mol. The van der Waals surface area contributed by atoms with Gasteiger partial charge in [0.15, 0.2) is 0 Å². The molecule has 5 nitrogen and oxygen atoms in total. The number of aliphatic hydroxyl groups excluding tert-OH is 1. The average molecular weight is 340 g/mol. The van der Waals surface area contributed by atoms with Crippen molar-refractivity contribution < 1.29 is 9.84 Å². The van der Waals surface area contributed by atoms with Gasteiger partial charge < -0.3 is 15.2 Å². The van der Waals surface area contributed by atoms with E-state index in [2.05, 4.69) is 26.3 Å². The molecule has 0 aliphatic carbocycles. The fourth-order valence-corrected chi connectivity index (χ4v) is 1.94. The molecule has 0 radical (unpaired) electrons. The fraction of sp³-hybridized carbons (Fsp3) is 0.357. The topological polar surface area (TPSA) is 59.3 Å². The summed E-state index contributed by atoms with van der Waals surface area (Å²) < 4.78 is 8.35. The Kier molecular flexibility index (Phi) is 6.04. The first kappa shape index (κ1) is 15.0. The van der Waals surface area contributed by atoms with Crippen molar-refractivity contribution in [2.75, 3.05) is 19.7 Å². The second kappa shape index (κ2) is 8.04. The lowest BCUT2D eigenvalue weighted by Crippen LogP contribution is -2.33. The average Bonchev–Trinajstić information content (AvgIpc) is 2.96. The maximum atomic E-state index is 9.80. The molecule has 0 fully saturated rings. The molecule has 2 aromatic rings. The maximum Gasteiger partial charge on any atom is 0.119 e. The summed E-state index contributed by atoms with van der Waals surface area (Å²) in [6.45, 7) is 2.32. The predicted octanol–water partition coefficient (Wildman–Crippen LogP) is 1.68. The Morgan fingerprint density at radius 3 is 2.85 bits per heavy atom. The Balaban J connectivity index is 1.58. The van der Waals surface area contributed by atoms with Gasteiger partial charge in [-0.1, -0.05) is 15.9 Å². The highest BCUT2D eigenvalue weighted by atomic mass is 79.9. The van der Waals surface area contributed by atoms with Crippen LogP contribution in [0.2, 0.25) is 0 Å². The van der Waals surface area contributed by atoms with Gasteiger partial charge in [-0.15, -0.1) is 0 Å². The molecular weight excluding hydrogens is 322 g/mol. The van der Waals surface area contributed by atoms with E-state index in [0.29, 0.717) is 6.54 Å². The molecule has 0 saturated carbocycles. The van der Waals surface area contributed by atoms with Crippen molar-refractivity contribution in [2.24, 2.45) is 0 Å². The third-order valence-electron chi connectivity index (χ3n) is 2.71. The zero-order valence-electron chi connectivity index (χ0n) is 11.1. The fourth-order valence-electron chi connectivity index (χ4n) is 1.68. The van der Waals surface area contributed by atoms with Crippen LogP contribution in [0, 0.1) is 0 Å². The Morgan fingerprint density at radius 1 is 1.35 bits per heavy atom. The number of hydrogen-bond acceptors (Lipinski definition) is 4. The lowest BCUT2D eigenvalue weighted by atomic mass is 10.3. The van der Waals surface area contributed by atoms with Crippen LogP contribution in [-0.4, -0.2) is 40.7 Å². The van der Waals surface area contributed by atoms with Gasteiger partial charge in [-0.25, -0.2) is 0 Å². The molecule has 20 heavy (non-hydrogen) atoms. The highest BCUT2D eigenvalue weighted by Gasteiger charge is 2.04. The quantitative estimate of drug-likeness (QED) is 0.718. The van der Waals surface area contributed by atoms with E-state index in [9.17, 15) is 5.11 Å². The molecule has 2 rings (SSSR count). The zero-order valence-corrected chi connectivity index (χ0v) is 12.7. The van der Waals surface area contributed by atoms with Crippen LogP contribution < -0.4 is 10.1 Å². The SMILES string of the molecule is O[C@@H](CNCCn1cccn1)COc1ccc(Br)cc1. The summed E-state index contributed by atoms with van der Waals surface area (Å²) >= 11 is 3.36. The van der Waals surface area contributed by atoms with Crippen LogP contribution in [0.15, 0.2) is 47.2 Å². The summed E-state index contributed by atoms with van der Waals surface area (Å²) in [5, 5.41) is 17.1. The number of aliphatic hydroxyl groups is 1. The minimum Gasteiger partial charge on any atom is -0.491 e. The number of halogens is 1. The maximum absolute atomic E-state index is 9.80. The van der Waals surface area contributed by atoms with Gasteiger partial charge in [0, 0.05) is 30.0 Å². The van der Waals surface area contributed by atoms with E-state index >= 15 is 0 Å². The molecule has 0 aliphatic heterocycles. The van der Waals surface area contributed by atoms with Gasteiger partial charge in [0.05, 0.1) is 6.54 Å². The number of nitrogens with zero attached hydrogens (tertiary/aromatic N) is 2. The summed E-state index contributed by atoms with van der Waals surface area (Å²) in [5.41, 5.74) is 0. The van der Waals surface area contributed by atoms with Gasteiger partial charge in [-0.05, 0) is 30.3 Å². The van der Waals surface area contributed by atoms with E-state index in [1.807, 2.05) is 41.2 Å². The Bertz CT molecular complexity index is 488. The predicted molar refractivity (Wildman–Crippen MR) is 80.7 cm³/mol. The second-order valence-electron chi connectivity index (χ2n) is 4.39. The van der Waals surface area contributed by atoms with Crippen molar-refractivity contribution in [1.29, 1.82) is 0 Å². The summed E-state index contributed by atoms with van der Waals surface area (Å²) in [5.74, 6) is 0.754. The van der Waals surface area contributed by atoms with E-state index in [1.165, 1.54) is 0 Å². The van der Waals surface area contributed by atoms with Gasteiger partial charge in [-0.2, -0.15) is 5.10 Å². The number of aromatic nitrogens is 2. The van der Waals surface area contributed by atoms with Crippen LogP contribution in [0.1, 0.15) is 0 Å². The van der Waals surface area contributed by atoms with Crippen molar-refractivity contribution in [1.82, 2.24) is 15.1 Å². The number of benzene rings is 1. The molecule has 1 heterocycles. The number of ether oxygens (including phenoxy) is 1. The van der Waals surface area contributed by atoms with E-state index in [-0.39, 0.29) is 6.61 Å². The first-order chi connectivity index (χ1) is 9.74. The van der Waals surface area contributed by atoms with Gasteiger partial charge >= 0.3 is 0 Å². The molecule has 0 aliphatic rings.